The molecule has 5 atom stereocenters. The van der Waals surface area contributed by atoms with Crippen LogP contribution in [0.3, 0.4) is 0 Å². The van der Waals surface area contributed by atoms with E-state index < -0.39 is 0 Å². The van der Waals surface area contributed by atoms with Crippen LogP contribution < -0.4 is 10.6 Å². The first kappa shape index (κ1) is 19.1. The van der Waals surface area contributed by atoms with E-state index in [0.717, 1.165) is 71.6 Å². The van der Waals surface area contributed by atoms with Crippen LogP contribution in [0.25, 0.3) is 0 Å². The Bertz CT molecular complexity index is 413. The van der Waals surface area contributed by atoms with E-state index in [-0.39, 0.29) is 18.6 Å². The van der Waals surface area contributed by atoms with E-state index in [2.05, 4.69) is 10.6 Å². The number of hydrogen-bond donors (Lipinski definition) is 2. The van der Waals surface area contributed by atoms with Crippen LogP contribution in [-0.4, -0.2) is 63.7 Å². The van der Waals surface area contributed by atoms with Gasteiger partial charge in [-0.25, -0.2) is 0 Å². The second kappa shape index (κ2) is 9.80. The molecular weight excluding hydrogens is 332 g/mol. The lowest BCUT2D eigenvalue weighted by Crippen LogP contribution is -2.55. The van der Waals surface area contributed by atoms with Crippen molar-refractivity contribution in [3.8, 4) is 0 Å². The van der Waals surface area contributed by atoms with E-state index in [1.54, 1.807) is 0 Å². The molecule has 5 unspecified atom stereocenters. The highest BCUT2D eigenvalue weighted by molar-refractivity contribution is 4.90. The zero-order valence-corrected chi connectivity index (χ0v) is 16.0. The summed E-state index contributed by atoms with van der Waals surface area (Å²) in [5, 5.41) is 7.52. The van der Waals surface area contributed by atoms with Crippen LogP contribution in [0.15, 0.2) is 0 Å². The van der Waals surface area contributed by atoms with Gasteiger partial charge in [0.25, 0.3) is 0 Å². The molecule has 6 heteroatoms. The van der Waals surface area contributed by atoms with Crippen molar-refractivity contribution in [3.05, 3.63) is 0 Å². The zero-order valence-electron chi connectivity index (χ0n) is 16.0. The number of hydrogen-bond acceptors (Lipinski definition) is 6. The van der Waals surface area contributed by atoms with Crippen LogP contribution in [0.4, 0.5) is 0 Å². The normalized spacial score (nSPS) is 40.4. The molecule has 0 aliphatic carbocycles. The molecule has 0 bridgehead atoms. The fourth-order valence-corrected chi connectivity index (χ4v) is 4.87. The first-order valence-corrected chi connectivity index (χ1v) is 10.8. The predicted octanol–water partition coefficient (Wildman–Crippen LogP) is 2.17. The maximum absolute atomic E-state index is 6.51. The van der Waals surface area contributed by atoms with E-state index in [4.69, 9.17) is 18.9 Å². The second-order valence-corrected chi connectivity index (χ2v) is 8.30. The Morgan fingerprint density at radius 1 is 0.654 bits per heavy atom. The molecule has 0 spiro atoms. The summed E-state index contributed by atoms with van der Waals surface area (Å²) < 4.78 is 23.7. The Labute approximate surface area is 157 Å². The summed E-state index contributed by atoms with van der Waals surface area (Å²) in [6.07, 6.45) is 10.9. The quantitative estimate of drug-likeness (QED) is 0.776. The molecule has 4 fully saturated rings. The summed E-state index contributed by atoms with van der Waals surface area (Å²) in [4.78, 5) is 0. The minimum atomic E-state index is 0.127. The van der Waals surface area contributed by atoms with Gasteiger partial charge in [0.2, 0.25) is 0 Å². The third-order valence-corrected chi connectivity index (χ3v) is 6.39. The lowest BCUT2D eigenvalue weighted by Gasteiger charge is -2.43. The molecule has 0 aromatic carbocycles. The summed E-state index contributed by atoms with van der Waals surface area (Å²) in [6, 6.07) is 1.09. The van der Waals surface area contributed by atoms with Gasteiger partial charge < -0.3 is 24.3 Å². The third-order valence-electron chi connectivity index (χ3n) is 6.39. The molecule has 4 aliphatic rings. The molecule has 0 radical (unpaired) electrons. The number of ether oxygens (including phenoxy) is 4. The SMILES string of the molecule is C1CCC(NC2CCCC(C3COCCC3NC3CCOCC3)O2)OC1. The van der Waals surface area contributed by atoms with Crippen molar-refractivity contribution in [1.82, 2.24) is 10.6 Å². The van der Waals surface area contributed by atoms with Gasteiger partial charge in [-0.2, -0.15) is 0 Å². The lowest BCUT2D eigenvalue weighted by atomic mass is 9.85. The maximum atomic E-state index is 6.51. The minimum absolute atomic E-state index is 0.127. The maximum Gasteiger partial charge on any atom is 0.110 e. The summed E-state index contributed by atoms with van der Waals surface area (Å²) in [5.41, 5.74) is 0. The van der Waals surface area contributed by atoms with Crippen LogP contribution in [0.1, 0.15) is 57.8 Å². The summed E-state index contributed by atoms with van der Waals surface area (Å²) in [7, 11) is 0. The summed E-state index contributed by atoms with van der Waals surface area (Å²) in [6.45, 7) is 4.33. The topological polar surface area (TPSA) is 61.0 Å². The average molecular weight is 369 g/mol. The highest BCUT2D eigenvalue weighted by atomic mass is 16.5. The zero-order chi connectivity index (χ0) is 17.6. The molecule has 0 saturated carbocycles. The molecular formula is C20H36N2O4. The van der Waals surface area contributed by atoms with Crippen molar-refractivity contribution in [2.45, 2.75) is 88.4 Å². The minimum Gasteiger partial charge on any atom is -0.381 e. The summed E-state index contributed by atoms with van der Waals surface area (Å²) >= 11 is 0. The van der Waals surface area contributed by atoms with E-state index in [1.165, 1.54) is 19.3 Å². The molecule has 2 N–H and O–H groups in total. The Kier molecular flexibility index (Phi) is 7.20. The van der Waals surface area contributed by atoms with Crippen molar-refractivity contribution >= 4 is 0 Å². The molecule has 0 aromatic heterocycles. The van der Waals surface area contributed by atoms with E-state index in [9.17, 15) is 0 Å². The van der Waals surface area contributed by atoms with E-state index >= 15 is 0 Å². The average Bonchev–Trinajstić information content (AvgIpc) is 2.70. The molecule has 26 heavy (non-hydrogen) atoms. The molecule has 6 nitrogen and oxygen atoms in total. The highest BCUT2D eigenvalue weighted by Crippen LogP contribution is 2.30. The molecule has 0 amide bonds. The Hall–Kier alpha value is -0.240. The van der Waals surface area contributed by atoms with Crippen molar-refractivity contribution in [2.75, 3.05) is 33.0 Å². The molecule has 150 valence electrons. The monoisotopic (exact) mass is 368 g/mol. The van der Waals surface area contributed by atoms with Crippen LogP contribution in [0.5, 0.6) is 0 Å². The van der Waals surface area contributed by atoms with Crippen molar-refractivity contribution in [1.29, 1.82) is 0 Å². The second-order valence-electron chi connectivity index (χ2n) is 8.30. The van der Waals surface area contributed by atoms with Crippen LogP contribution >= 0.6 is 0 Å². The lowest BCUT2D eigenvalue weighted by molar-refractivity contribution is -0.145. The largest absolute Gasteiger partial charge is 0.381 e. The fraction of sp³-hybridized carbons (Fsp3) is 1.00. The van der Waals surface area contributed by atoms with Crippen molar-refractivity contribution < 1.29 is 18.9 Å². The van der Waals surface area contributed by atoms with Crippen molar-refractivity contribution in [3.63, 3.8) is 0 Å². The molecule has 4 rings (SSSR count). The van der Waals surface area contributed by atoms with E-state index in [0.29, 0.717) is 18.0 Å². The van der Waals surface area contributed by atoms with Gasteiger partial charge in [0, 0.05) is 44.4 Å². The van der Waals surface area contributed by atoms with Gasteiger partial charge in [0.15, 0.2) is 0 Å². The molecule has 4 heterocycles. The Morgan fingerprint density at radius 3 is 2.35 bits per heavy atom. The van der Waals surface area contributed by atoms with Gasteiger partial charge in [0.05, 0.1) is 12.7 Å². The van der Waals surface area contributed by atoms with E-state index in [1.807, 2.05) is 0 Å². The fourth-order valence-electron chi connectivity index (χ4n) is 4.87. The highest BCUT2D eigenvalue weighted by Gasteiger charge is 2.37. The summed E-state index contributed by atoms with van der Waals surface area (Å²) in [5.74, 6) is 0.448. The van der Waals surface area contributed by atoms with Crippen LogP contribution in [0.2, 0.25) is 0 Å². The van der Waals surface area contributed by atoms with Crippen LogP contribution in [0, 0.1) is 5.92 Å². The van der Waals surface area contributed by atoms with Crippen molar-refractivity contribution in [2.24, 2.45) is 5.92 Å². The van der Waals surface area contributed by atoms with Gasteiger partial charge >= 0.3 is 0 Å². The smallest absolute Gasteiger partial charge is 0.110 e. The van der Waals surface area contributed by atoms with Crippen LogP contribution in [-0.2, 0) is 18.9 Å². The van der Waals surface area contributed by atoms with Gasteiger partial charge in [-0.05, 0) is 57.8 Å². The van der Waals surface area contributed by atoms with Gasteiger partial charge in [-0.3, -0.25) is 5.32 Å². The third kappa shape index (κ3) is 5.18. The molecule has 0 aromatic rings. The molecule has 4 aliphatic heterocycles. The molecule has 4 saturated heterocycles. The first-order chi connectivity index (χ1) is 12.9. The van der Waals surface area contributed by atoms with Gasteiger partial charge in [-0.15, -0.1) is 0 Å². The Balaban J connectivity index is 1.31. The predicted molar refractivity (Wildman–Crippen MR) is 98.9 cm³/mol. The van der Waals surface area contributed by atoms with Gasteiger partial charge in [-0.1, -0.05) is 0 Å². The number of rotatable bonds is 5. The number of nitrogens with one attached hydrogen (secondary N) is 2. The van der Waals surface area contributed by atoms with Gasteiger partial charge in [0.1, 0.15) is 12.5 Å². The first-order valence-electron chi connectivity index (χ1n) is 10.8. The standard InChI is InChI=1S/C20H36N2O4/c1-2-10-25-19(5-1)22-20-6-3-4-18(26-20)16-14-24-13-9-17(16)21-15-7-11-23-12-8-15/h15-22H,1-14H2. The Morgan fingerprint density at radius 2 is 1.50 bits per heavy atom.